The van der Waals surface area contributed by atoms with E-state index in [0.29, 0.717) is 6.42 Å². The molecule has 2 nitrogen and oxygen atoms in total. The average Bonchev–Trinajstić information content (AvgIpc) is 2.68. The van der Waals surface area contributed by atoms with Crippen molar-refractivity contribution in [2.24, 2.45) is 0 Å². The number of halogens is 1. The summed E-state index contributed by atoms with van der Waals surface area (Å²) >= 11 is 0. The molecule has 0 bridgehead atoms. The Morgan fingerprint density at radius 1 is 0.733 bits per heavy atom. The van der Waals surface area contributed by atoms with E-state index in [1.165, 1.54) is 32.6 Å². The number of unbranched alkanes of at least 4 members (excludes halogenated alkanes) is 1. The van der Waals surface area contributed by atoms with Gasteiger partial charge in [-0.15, -0.1) is 0 Å². The number of carboxylic acid groups (broad SMARTS) is 1. The maximum absolute atomic E-state index is 11.1. The summed E-state index contributed by atoms with van der Waals surface area (Å²) in [4.78, 5) is 11.1. The van der Waals surface area contributed by atoms with Gasteiger partial charge in [0.15, 0.2) is 0 Å². The molecule has 1 N–H and O–H groups in total. The number of carbonyl (C=O) groups is 1. The van der Waals surface area contributed by atoms with Gasteiger partial charge in [0, 0.05) is 6.42 Å². The van der Waals surface area contributed by atoms with Crippen LogP contribution in [0.1, 0.15) is 36.0 Å². The highest BCUT2D eigenvalue weighted by molar-refractivity contribution is 7.95. The Morgan fingerprint density at radius 3 is 1.47 bits per heavy atom. The van der Waals surface area contributed by atoms with Gasteiger partial charge < -0.3 is 22.1 Å². The predicted octanol–water partition coefficient (Wildman–Crippen LogP) is 2.16. The molecule has 158 valence electrons. The van der Waals surface area contributed by atoms with Crippen LogP contribution in [0.3, 0.4) is 0 Å². The summed E-state index contributed by atoms with van der Waals surface area (Å²) in [6.07, 6.45) is 2.82. The summed E-state index contributed by atoms with van der Waals surface area (Å²) in [5, 5.41) is 13.2. The van der Waals surface area contributed by atoms with Gasteiger partial charge in [-0.25, -0.2) is 0 Å². The maximum Gasteiger partial charge on any atom is 0.303 e. The quantitative estimate of drug-likeness (QED) is 0.393. The van der Waals surface area contributed by atoms with Crippen molar-refractivity contribution in [1.29, 1.82) is 0 Å². The molecule has 0 spiro atoms. The number of carboxylic acids is 1. The molecule has 0 aliphatic heterocycles. The lowest BCUT2D eigenvalue weighted by Crippen LogP contribution is -3.00. The summed E-state index contributed by atoms with van der Waals surface area (Å²) in [7, 11) is -1.89. The molecular weight excluding hydrogens is 455 g/mol. The summed E-state index contributed by atoms with van der Waals surface area (Å²) in [6, 6.07) is 26.7. The molecular formula is C26H30BrO2P. The number of aryl methyl sites for hydroxylation is 3. The molecule has 0 atom stereocenters. The van der Waals surface area contributed by atoms with E-state index < -0.39 is 13.2 Å². The van der Waals surface area contributed by atoms with Gasteiger partial charge in [0.1, 0.15) is 23.2 Å². The summed E-state index contributed by atoms with van der Waals surface area (Å²) in [5.41, 5.74) is 3.79. The smallest absolute Gasteiger partial charge is 0.303 e. The van der Waals surface area contributed by atoms with Crippen LogP contribution in [0.25, 0.3) is 0 Å². The Hall–Kier alpha value is -1.96. The van der Waals surface area contributed by atoms with Crippen LogP contribution in [0.5, 0.6) is 0 Å². The van der Waals surface area contributed by atoms with Gasteiger partial charge >= 0.3 is 5.97 Å². The molecule has 0 unspecified atom stereocenters. The molecule has 3 aromatic carbocycles. The second-order valence-corrected chi connectivity index (χ2v) is 11.5. The minimum atomic E-state index is -1.89. The molecule has 0 aliphatic carbocycles. The number of aliphatic carboxylic acids is 1. The van der Waals surface area contributed by atoms with E-state index in [2.05, 4.69) is 93.6 Å². The normalized spacial score (nSPS) is 11.0. The summed E-state index contributed by atoms with van der Waals surface area (Å²) in [5.74, 6) is -0.712. The predicted molar refractivity (Wildman–Crippen MR) is 126 cm³/mol. The molecule has 0 fully saturated rings. The molecule has 4 heteroatoms. The Bertz CT molecular complexity index is 889. The highest BCUT2D eigenvalue weighted by Crippen LogP contribution is 2.56. The Labute approximate surface area is 191 Å². The lowest BCUT2D eigenvalue weighted by Gasteiger charge is -2.28. The maximum atomic E-state index is 11.1. The van der Waals surface area contributed by atoms with Crippen molar-refractivity contribution < 1.29 is 26.9 Å². The fraction of sp³-hybridized carbons (Fsp3) is 0.269. The third-order valence-electron chi connectivity index (χ3n) is 5.46. The van der Waals surface area contributed by atoms with Gasteiger partial charge in [0.2, 0.25) is 0 Å². The first-order valence-electron chi connectivity index (χ1n) is 10.2. The Kier molecular flexibility index (Phi) is 8.82. The molecule has 0 aromatic heterocycles. The van der Waals surface area contributed by atoms with E-state index in [9.17, 15) is 4.79 Å². The first-order valence-corrected chi connectivity index (χ1v) is 12.2. The van der Waals surface area contributed by atoms with Gasteiger partial charge in [-0.05, 0) is 86.7 Å². The zero-order valence-corrected chi connectivity index (χ0v) is 20.4. The van der Waals surface area contributed by atoms with E-state index in [-0.39, 0.29) is 23.4 Å². The van der Waals surface area contributed by atoms with Crippen molar-refractivity contribution in [3.8, 4) is 0 Å². The van der Waals surface area contributed by atoms with Crippen LogP contribution < -0.4 is 32.9 Å². The van der Waals surface area contributed by atoms with E-state index in [0.717, 1.165) is 12.6 Å². The van der Waals surface area contributed by atoms with Crippen LogP contribution in [0, 0.1) is 20.8 Å². The number of rotatable bonds is 8. The molecule has 0 saturated carbocycles. The van der Waals surface area contributed by atoms with Crippen LogP contribution in [-0.2, 0) is 4.79 Å². The van der Waals surface area contributed by atoms with Gasteiger partial charge in [-0.3, -0.25) is 4.79 Å². The van der Waals surface area contributed by atoms with Crippen LogP contribution in [0.2, 0.25) is 0 Å². The standard InChI is InChI=1S/C26H29O2P.BrH/c1-20-9-6-12-23(17-20)29(16-5-4-15-26(27)28,24-13-7-10-21(2)18-24)25-14-8-11-22(3)19-25;/h6-14,17-19H,4-5,15-16H2,1-3H3;1H. The fourth-order valence-corrected chi connectivity index (χ4v) is 8.72. The van der Waals surface area contributed by atoms with Crippen LogP contribution >= 0.6 is 7.26 Å². The third-order valence-corrected chi connectivity index (χ3v) is 9.93. The molecule has 0 heterocycles. The minimum absolute atomic E-state index is 0. The van der Waals surface area contributed by atoms with E-state index in [1.54, 1.807) is 0 Å². The molecule has 3 aromatic rings. The van der Waals surface area contributed by atoms with Crippen molar-refractivity contribution in [3.63, 3.8) is 0 Å². The van der Waals surface area contributed by atoms with Crippen molar-refractivity contribution >= 4 is 29.1 Å². The topological polar surface area (TPSA) is 37.3 Å². The van der Waals surface area contributed by atoms with E-state index >= 15 is 0 Å². The van der Waals surface area contributed by atoms with Gasteiger partial charge in [0.05, 0.1) is 6.16 Å². The SMILES string of the molecule is Cc1cccc([P+](CCCCC(=O)O)(c2cccc(C)c2)c2cccc(C)c2)c1.[Br-]. The number of hydrogen-bond donors (Lipinski definition) is 1. The summed E-state index contributed by atoms with van der Waals surface area (Å²) < 4.78 is 0. The first kappa shape index (κ1) is 24.3. The fourth-order valence-electron chi connectivity index (χ4n) is 4.06. The van der Waals surface area contributed by atoms with Crippen molar-refractivity contribution in [1.82, 2.24) is 0 Å². The molecule has 3 rings (SSSR count). The highest BCUT2D eigenvalue weighted by Gasteiger charge is 2.45. The lowest BCUT2D eigenvalue weighted by molar-refractivity contribution is -0.137. The molecule has 30 heavy (non-hydrogen) atoms. The second kappa shape index (κ2) is 10.9. The van der Waals surface area contributed by atoms with Gasteiger partial charge in [0.25, 0.3) is 0 Å². The molecule has 0 amide bonds. The molecule has 0 saturated heterocycles. The Balaban J connectivity index is 0.00000320. The van der Waals surface area contributed by atoms with Crippen LogP contribution in [-0.4, -0.2) is 17.2 Å². The monoisotopic (exact) mass is 484 g/mol. The number of hydrogen-bond acceptors (Lipinski definition) is 1. The summed E-state index contributed by atoms with van der Waals surface area (Å²) in [6.45, 7) is 6.44. The van der Waals surface area contributed by atoms with Gasteiger partial charge in [-0.2, -0.15) is 0 Å². The van der Waals surface area contributed by atoms with E-state index in [1.807, 2.05) is 0 Å². The third kappa shape index (κ3) is 5.59. The zero-order valence-electron chi connectivity index (χ0n) is 17.9. The van der Waals surface area contributed by atoms with Crippen LogP contribution in [0.15, 0.2) is 72.8 Å². The lowest BCUT2D eigenvalue weighted by atomic mass is 10.2. The van der Waals surface area contributed by atoms with Gasteiger partial charge in [-0.1, -0.05) is 36.4 Å². The highest BCUT2D eigenvalue weighted by atomic mass is 79.9. The first-order chi connectivity index (χ1) is 13.9. The zero-order chi connectivity index (χ0) is 20.9. The van der Waals surface area contributed by atoms with Crippen molar-refractivity contribution in [2.45, 2.75) is 40.0 Å². The minimum Gasteiger partial charge on any atom is -1.00 e. The van der Waals surface area contributed by atoms with E-state index in [4.69, 9.17) is 5.11 Å². The number of benzene rings is 3. The Morgan fingerprint density at radius 2 is 1.13 bits per heavy atom. The van der Waals surface area contributed by atoms with Crippen molar-refractivity contribution in [2.75, 3.05) is 6.16 Å². The largest absolute Gasteiger partial charge is 1.00 e. The average molecular weight is 485 g/mol. The van der Waals surface area contributed by atoms with Crippen LogP contribution in [0.4, 0.5) is 0 Å². The molecule has 0 aliphatic rings. The molecule has 0 radical (unpaired) electrons. The van der Waals surface area contributed by atoms with Crippen molar-refractivity contribution in [3.05, 3.63) is 89.5 Å². The second-order valence-electron chi connectivity index (χ2n) is 7.90.